The summed E-state index contributed by atoms with van der Waals surface area (Å²) < 4.78 is 0. The van der Waals surface area contributed by atoms with Crippen LogP contribution in [0.3, 0.4) is 0 Å². The van der Waals surface area contributed by atoms with Gasteiger partial charge in [-0.1, -0.05) is 17.7 Å². The maximum absolute atomic E-state index is 13.4. The Hall–Kier alpha value is -1.26. The van der Waals surface area contributed by atoms with E-state index in [4.69, 9.17) is 11.6 Å². The molecular weight excluding hydrogens is 348 g/mol. The summed E-state index contributed by atoms with van der Waals surface area (Å²) in [4.78, 5) is 17.9. The van der Waals surface area contributed by atoms with Gasteiger partial charge >= 0.3 is 0 Å². The first-order valence-electron chi connectivity index (χ1n) is 9.99. The molecule has 3 aliphatic rings. The Morgan fingerprint density at radius 1 is 1.15 bits per heavy atom. The quantitative estimate of drug-likeness (QED) is 0.854. The molecule has 2 saturated heterocycles. The molecule has 3 fully saturated rings. The SMILES string of the molecule is Cc1c(Cl)cccc1N1CCCC2(CCN(C3CCC(O)CC3)C2=O)C1. The molecule has 1 aromatic carbocycles. The van der Waals surface area contributed by atoms with Crippen LogP contribution in [0.1, 0.15) is 50.5 Å². The topological polar surface area (TPSA) is 43.8 Å². The number of hydrogen-bond acceptors (Lipinski definition) is 3. The zero-order valence-electron chi connectivity index (χ0n) is 15.6. The summed E-state index contributed by atoms with van der Waals surface area (Å²) >= 11 is 6.33. The van der Waals surface area contributed by atoms with E-state index in [1.54, 1.807) is 0 Å². The van der Waals surface area contributed by atoms with Crippen LogP contribution in [0, 0.1) is 12.3 Å². The summed E-state index contributed by atoms with van der Waals surface area (Å²) in [7, 11) is 0. The third kappa shape index (κ3) is 3.11. The van der Waals surface area contributed by atoms with Crippen molar-refractivity contribution in [1.82, 2.24) is 4.90 Å². The number of likely N-dealkylation sites (tertiary alicyclic amines) is 1. The number of nitrogens with zero attached hydrogens (tertiary/aromatic N) is 2. The monoisotopic (exact) mass is 376 g/mol. The van der Waals surface area contributed by atoms with E-state index in [1.807, 2.05) is 12.1 Å². The molecule has 26 heavy (non-hydrogen) atoms. The first-order valence-corrected chi connectivity index (χ1v) is 10.4. The zero-order valence-corrected chi connectivity index (χ0v) is 16.3. The molecule has 5 heteroatoms. The smallest absolute Gasteiger partial charge is 0.230 e. The van der Waals surface area contributed by atoms with Crippen molar-refractivity contribution in [2.45, 2.75) is 64.0 Å². The molecular formula is C21H29ClN2O2. The fraction of sp³-hybridized carbons (Fsp3) is 0.667. The highest BCUT2D eigenvalue weighted by Crippen LogP contribution is 2.44. The van der Waals surface area contributed by atoms with Gasteiger partial charge in [-0.15, -0.1) is 0 Å². The number of hydrogen-bond donors (Lipinski definition) is 1. The summed E-state index contributed by atoms with van der Waals surface area (Å²) in [6, 6.07) is 6.38. The van der Waals surface area contributed by atoms with Gasteiger partial charge in [0, 0.05) is 36.4 Å². The van der Waals surface area contributed by atoms with E-state index in [0.717, 1.165) is 75.2 Å². The minimum absolute atomic E-state index is 0.172. The Kier molecular flexibility index (Phi) is 4.91. The van der Waals surface area contributed by atoms with Gasteiger partial charge in [0.1, 0.15) is 0 Å². The highest BCUT2D eigenvalue weighted by atomic mass is 35.5. The van der Waals surface area contributed by atoms with Crippen LogP contribution in [-0.4, -0.2) is 47.7 Å². The Morgan fingerprint density at radius 3 is 2.69 bits per heavy atom. The molecule has 1 unspecified atom stereocenters. The zero-order chi connectivity index (χ0) is 18.3. The Balaban J connectivity index is 1.52. The average Bonchev–Trinajstić information content (AvgIpc) is 2.94. The number of amides is 1. The van der Waals surface area contributed by atoms with Crippen molar-refractivity contribution >= 4 is 23.2 Å². The van der Waals surface area contributed by atoms with E-state index in [-0.39, 0.29) is 11.5 Å². The Bertz CT molecular complexity index is 687. The first-order chi connectivity index (χ1) is 12.5. The molecule has 0 aromatic heterocycles. The molecule has 1 atom stereocenters. The van der Waals surface area contributed by atoms with Crippen LogP contribution >= 0.6 is 11.6 Å². The second-order valence-corrected chi connectivity index (χ2v) is 8.81. The van der Waals surface area contributed by atoms with E-state index in [1.165, 1.54) is 5.69 Å². The van der Waals surface area contributed by atoms with Gasteiger partial charge in [-0.3, -0.25) is 4.79 Å². The number of benzene rings is 1. The van der Waals surface area contributed by atoms with Crippen molar-refractivity contribution in [3.63, 3.8) is 0 Å². The van der Waals surface area contributed by atoms with Gasteiger partial charge in [0.15, 0.2) is 0 Å². The lowest BCUT2D eigenvalue weighted by Crippen LogP contribution is -2.50. The molecule has 4 nitrogen and oxygen atoms in total. The van der Waals surface area contributed by atoms with E-state index < -0.39 is 0 Å². The summed E-state index contributed by atoms with van der Waals surface area (Å²) in [5.41, 5.74) is 2.04. The van der Waals surface area contributed by atoms with Gasteiger partial charge < -0.3 is 14.9 Å². The average molecular weight is 377 g/mol. The summed E-state index contributed by atoms with van der Waals surface area (Å²) in [5.74, 6) is 0.350. The number of halogens is 1. The van der Waals surface area contributed by atoms with Crippen molar-refractivity contribution in [3.05, 3.63) is 28.8 Å². The van der Waals surface area contributed by atoms with Crippen LogP contribution < -0.4 is 4.90 Å². The molecule has 2 aliphatic heterocycles. The maximum atomic E-state index is 13.4. The standard InChI is InChI=1S/C21H29ClN2O2/c1-15-18(22)4-2-5-19(15)23-12-3-10-21(14-23)11-13-24(20(21)26)16-6-8-17(25)9-7-16/h2,4-5,16-17,25H,3,6-14H2,1H3. The molecule has 2 heterocycles. The highest BCUT2D eigenvalue weighted by molar-refractivity contribution is 6.31. The van der Waals surface area contributed by atoms with Crippen LogP contribution in [0.4, 0.5) is 5.69 Å². The summed E-state index contributed by atoms with van der Waals surface area (Å²) in [6.07, 6.45) is 6.38. The first kappa shape index (κ1) is 18.1. The number of rotatable bonds is 2. The van der Waals surface area contributed by atoms with Gasteiger partial charge in [0.25, 0.3) is 0 Å². The van der Waals surface area contributed by atoms with Crippen LogP contribution in [0.5, 0.6) is 0 Å². The minimum Gasteiger partial charge on any atom is -0.393 e. The van der Waals surface area contributed by atoms with Crippen LogP contribution in [0.15, 0.2) is 18.2 Å². The molecule has 1 aromatic rings. The molecule has 0 bridgehead atoms. The third-order valence-electron chi connectivity index (χ3n) is 6.81. The number of carbonyl (C=O) groups excluding carboxylic acids is 1. The molecule has 0 radical (unpaired) electrons. The number of carbonyl (C=O) groups is 1. The van der Waals surface area contributed by atoms with Crippen molar-refractivity contribution in [2.24, 2.45) is 5.41 Å². The molecule has 4 rings (SSSR count). The largest absolute Gasteiger partial charge is 0.393 e. The second-order valence-electron chi connectivity index (χ2n) is 8.40. The van der Waals surface area contributed by atoms with Gasteiger partial charge in [-0.05, 0) is 69.6 Å². The van der Waals surface area contributed by atoms with Crippen molar-refractivity contribution < 1.29 is 9.90 Å². The predicted octanol–water partition coefficient (Wildman–Crippen LogP) is 3.77. The lowest BCUT2D eigenvalue weighted by molar-refractivity contribution is -0.139. The van der Waals surface area contributed by atoms with Gasteiger partial charge in [-0.2, -0.15) is 0 Å². The third-order valence-corrected chi connectivity index (χ3v) is 7.22. The van der Waals surface area contributed by atoms with Crippen LogP contribution in [0.25, 0.3) is 0 Å². The van der Waals surface area contributed by atoms with Crippen LogP contribution in [0.2, 0.25) is 5.02 Å². The lowest BCUT2D eigenvalue weighted by Gasteiger charge is -2.42. The maximum Gasteiger partial charge on any atom is 0.230 e. The van der Waals surface area contributed by atoms with E-state index in [9.17, 15) is 9.90 Å². The summed E-state index contributed by atoms with van der Waals surface area (Å²) in [5, 5.41) is 10.6. The normalized spacial score (nSPS) is 32.5. The Labute approximate surface area is 161 Å². The molecule has 1 saturated carbocycles. The van der Waals surface area contributed by atoms with Crippen molar-refractivity contribution in [1.29, 1.82) is 0 Å². The molecule has 142 valence electrons. The van der Waals surface area contributed by atoms with Gasteiger partial charge in [0.2, 0.25) is 5.91 Å². The van der Waals surface area contributed by atoms with Crippen molar-refractivity contribution in [3.8, 4) is 0 Å². The number of aliphatic hydroxyl groups is 1. The van der Waals surface area contributed by atoms with Gasteiger partial charge in [-0.25, -0.2) is 0 Å². The molecule has 1 N–H and O–H groups in total. The Morgan fingerprint density at radius 2 is 1.92 bits per heavy atom. The molecule has 1 amide bonds. The fourth-order valence-corrected chi connectivity index (χ4v) is 5.39. The molecule has 1 spiro atoms. The number of anilines is 1. The molecule has 1 aliphatic carbocycles. The van der Waals surface area contributed by atoms with Crippen molar-refractivity contribution in [2.75, 3.05) is 24.5 Å². The minimum atomic E-state index is -0.233. The number of aliphatic hydroxyl groups excluding tert-OH is 1. The highest BCUT2D eigenvalue weighted by Gasteiger charge is 2.50. The lowest BCUT2D eigenvalue weighted by atomic mass is 9.78. The van der Waals surface area contributed by atoms with E-state index in [0.29, 0.717) is 11.9 Å². The van der Waals surface area contributed by atoms with E-state index in [2.05, 4.69) is 22.8 Å². The summed E-state index contributed by atoms with van der Waals surface area (Å²) in [6.45, 7) is 4.74. The van der Waals surface area contributed by atoms with Gasteiger partial charge in [0.05, 0.1) is 11.5 Å². The van der Waals surface area contributed by atoms with Crippen LogP contribution in [-0.2, 0) is 4.79 Å². The van der Waals surface area contributed by atoms with E-state index >= 15 is 0 Å². The fourth-order valence-electron chi connectivity index (χ4n) is 5.22. The predicted molar refractivity (Wildman–Crippen MR) is 105 cm³/mol. The number of piperidine rings is 1. The second kappa shape index (κ2) is 7.05.